The van der Waals surface area contributed by atoms with E-state index in [1.807, 2.05) is 36.1 Å². The van der Waals surface area contributed by atoms with Gasteiger partial charge < -0.3 is 15.0 Å². The average Bonchev–Trinajstić information content (AvgIpc) is 2.47. The van der Waals surface area contributed by atoms with Crippen molar-refractivity contribution in [3.63, 3.8) is 0 Å². The van der Waals surface area contributed by atoms with Gasteiger partial charge in [-0.3, -0.25) is 4.79 Å². The van der Waals surface area contributed by atoms with Gasteiger partial charge >= 0.3 is 0 Å². The van der Waals surface area contributed by atoms with E-state index in [0.29, 0.717) is 0 Å². The van der Waals surface area contributed by atoms with Gasteiger partial charge in [0.15, 0.2) is 0 Å². The van der Waals surface area contributed by atoms with Crippen LogP contribution in [0.4, 0.5) is 5.69 Å². The Morgan fingerprint density at radius 3 is 2.53 bits per heavy atom. The zero-order valence-corrected chi connectivity index (χ0v) is 12.1. The Hall–Kier alpha value is -1.55. The summed E-state index contributed by atoms with van der Waals surface area (Å²) < 4.78 is 5.17. The highest BCUT2D eigenvalue weighted by molar-refractivity contribution is 5.98. The summed E-state index contributed by atoms with van der Waals surface area (Å²) in [6.45, 7) is 6.98. The van der Waals surface area contributed by atoms with Crippen molar-refractivity contribution < 1.29 is 9.53 Å². The van der Waals surface area contributed by atoms with E-state index in [1.165, 1.54) is 0 Å². The van der Waals surface area contributed by atoms with Crippen molar-refractivity contribution in [2.45, 2.75) is 38.8 Å². The summed E-state index contributed by atoms with van der Waals surface area (Å²) in [5, 5.41) is 3.26. The second-order valence-electron chi connectivity index (χ2n) is 5.61. The van der Waals surface area contributed by atoms with Crippen LogP contribution in [0.25, 0.3) is 0 Å². The van der Waals surface area contributed by atoms with Crippen molar-refractivity contribution in [2.24, 2.45) is 0 Å². The molecule has 0 bridgehead atoms. The number of anilines is 1. The van der Waals surface area contributed by atoms with Crippen LogP contribution < -0.4 is 15.0 Å². The molecule has 0 saturated carbocycles. The number of hydrogen-bond acceptors (Lipinski definition) is 3. The number of methoxy groups -OCH3 is 1. The molecule has 0 spiro atoms. The van der Waals surface area contributed by atoms with Gasteiger partial charge in [0.25, 0.3) is 0 Å². The zero-order chi connectivity index (χ0) is 14.0. The largest absolute Gasteiger partial charge is 0.497 e. The summed E-state index contributed by atoms with van der Waals surface area (Å²) >= 11 is 0. The Bertz CT molecular complexity index is 454. The van der Waals surface area contributed by atoms with Gasteiger partial charge in [-0.05, 0) is 58.0 Å². The standard InChI is InChI=1S/C15H22N2O2/c1-11-14(18)17(15(2,3)9-10-16-11)12-5-7-13(19-4)8-6-12/h5-8,11,16H,9-10H2,1-4H3. The minimum atomic E-state index is -0.191. The third-order valence-electron chi connectivity index (χ3n) is 3.71. The predicted molar refractivity (Wildman–Crippen MR) is 76.6 cm³/mol. The van der Waals surface area contributed by atoms with E-state index in [-0.39, 0.29) is 17.5 Å². The molecule has 1 atom stereocenters. The molecule has 0 aliphatic carbocycles. The summed E-state index contributed by atoms with van der Waals surface area (Å²) in [7, 11) is 1.64. The lowest BCUT2D eigenvalue weighted by Gasteiger charge is -2.37. The van der Waals surface area contributed by atoms with E-state index < -0.39 is 0 Å². The van der Waals surface area contributed by atoms with Crippen LogP contribution in [0.3, 0.4) is 0 Å². The minimum absolute atomic E-state index is 0.118. The quantitative estimate of drug-likeness (QED) is 0.888. The molecule has 1 aromatic carbocycles. The number of amides is 1. The molecule has 1 fully saturated rings. The van der Waals surface area contributed by atoms with E-state index >= 15 is 0 Å². The first kappa shape index (κ1) is 13.9. The maximum Gasteiger partial charge on any atom is 0.244 e. The molecule has 1 aromatic rings. The van der Waals surface area contributed by atoms with Gasteiger partial charge in [-0.2, -0.15) is 0 Å². The van der Waals surface area contributed by atoms with Gasteiger partial charge in [0, 0.05) is 11.2 Å². The lowest BCUT2D eigenvalue weighted by molar-refractivity contribution is -0.120. The molecule has 1 saturated heterocycles. The van der Waals surface area contributed by atoms with Gasteiger partial charge in [0.1, 0.15) is 5.75 Å². The van der Waals surface area contributed by atoms with Crippen LogP contribution in [-0.2, 0) is 4.79 Å². The van der Waals surface area contributed by atoms with Crippen LogP contribution in [0, 0.1) is 0 Å². The Labute approximate surface area is 114 Å². The number of nitrogens with one attached hydrogen (secondary N) is 1. The maximum atomic E-state index is 12.5. The number of carbonyl (C=O) groups is 1. The predicted octanol–water partition coefficient (Wildman–Crippen LogP) is 2.19. The number of rotatable bonds is 2. The second kappa shape index (κ2) is 5.21. The highest BCUT2D eigenvalue weighted by Gasteiger charge is 2.36. The first-order valence-electron chi connectivity index (χ1n) is 6.67. The van der Waals surface area contributed by atoms with E-state index in [9.17, 15) is 4.79 Å². The van der Waals surface area contributed by atoms with Crippen molar-refractivity contribution in [1.29, 1.82) is 0 Å². The molecular weight excluding hydrogens is 240 g/mol. The molecule has 1 aliphatic heterocycles. The summed E-state index contributed by atoms with van der Waals surface area (Å²) in [5.74, 6) is 0.919. The summed E-state index contributed by atoms with van der Waals surface area (Å²) in [6.07, 6.45) is 0.926. The Morgan fingerprint density at radius 2 is 1.95 bits per heavy atom. The SMILES string of the molecule is COc1ccc(N2C(=O)C(C)NCCC2(C)C)cc1. The van der Waals surface area contributed by atoms with Gasteiger partial charge in [-0.1, -0.05) is 0 Å². The summed E-state index contributed by atoms with van der Waals surface area (Å²) in [6, 6.07) is 7.51. The number of carbonyl (C=O) groups excluding carboxylic acids is 1. The Balaban J connectivity index is 2.38. The first-order chi connectivity index (χ1) is 8.95. The van der Waals surface area contributed by atoms with Crippen LogP contribution in [-0.4, -0.2) is 31.1 Å². The van der Waals surface area contributed by atoms with E-state index in [0.717, 1.165) is 24.4 Å². The number of hydrogen-bond donors (Lipinski definition) is 1. The molecule has 1 amide bonds. The van der Waals surface area contributed by atoms with Crippen molar-refractivity contribution in [3.8, 4) is 5.75 Å². The van der Waals surface area contributed by atoms with Crippen LogP contribution in [0.2, 0.25) is 0 Å². The molecule has 19 heavy (non-hydrogen) atoms. The van der Waals surface area contributed by atoms with Crippen LogP contribution in [0.15, 0.2) is 24.3 Å². The zero-order valence-electron chi connectivity index (χ0n) is 12.1. The number of nitrogens with zero attached hydrogens (tertiary/aromatic N) is 1. The van der Waals surface area contributed by atoms with E-state index in [2.05, 4.69) is 19.2 Å². The molecule has 4 nitrogen and oxygen atoms in total. The first-order valence-corrected chi connectivity index (χ1v) is 6.67. The second-order valence-corrected chi connectivity index (χ2v) is 5.61. The molecule has 2 rings (SSSR count). The third kappa shape index (κ3) is 2.73. The highest BCUT2D eigenvalue weighted by atomic mass is 16.5. The lowest BCUT2D eigenvalue weighted by Crippen LogP contribution is -2.50. The highest BCUT2D eigenvalue weighted by Crippen LogP contribution is 2.30. The Kier molecular flexibility index (Phi) is 3.80. The topological polar surface area (TPSA) is 41.6 Å². The van der Waals surface area contributed by atoms with Crippen molar-refractivity contribution in [1.82, 2.24) is 5.32 Å². The molecule has 1 aliphatic rings. The van der Waals surface area contributed by atoms with Crippen LogP contribution in [0.5, 0.6) is 5.75 Å². The number of ether oxygens (including phenoxy) is 1. The van der Waals surface area contributed by atoms with E-state index in [4.69, 9.17) is 4.74 Å². The van der Waals surface area contributed by atoms with Crippen molar-refractivity contribution in [2.75, 3.05) is 18.6 Å². The fourth-order valence-corrected chi connectivity index (χ4v) is 2.49. The fraction of sp³-hybridized carbons (Fsp3) is 0.533. The molecule has 1 N–H and O–H groups in total. The molecule has 104 valence electrons. The third-order valence-corrected chi connectivity index (χ3v) is 3.71. The lowest BCUT2D eigenvalue weighted by atomic mass is 9.97. The summed E-state index contributed by atoms with van der Waals surface area (Å²) in [5.41, 5.74) is 0.732. The van der Waals surface area contributed by atoms with Gasteiger partial charge in [0.2, 0.25) is 5.91 Å². The van der Waals surface area contributed by atoms with Gasteiger partial charge in [-0.25, -0.2) is 0 Å². The van der Waals surface area contributed by atoms with Crippen molar-refractivity contribution in [3.05, 3.63) is 24.3 Å². The molecule has 1 unspecified atom stereocenters. The smallest absolute Gasteiger partial charge is 0.244 e. The van der Waals surface area contributed by atoms with Gasteiger partial charge in [0.05, 0.1) is 13.2 Å². The van der Waals surface area contributed by atoms with Crippen molar-refractivity contribution >= 4 is 11.6 Å². The fourth-order valence-electron chi connectivity index (χ4n) is 2.49. The Morgan fingerprint density at radius 1 is 1.32 bits per heavy atom. The molecule has 0 radical (unpaired) electrons. The van der Waals surface area contributed by atoms with Gasteiger partial charge in [-0.15, -0.1) is 0 Å². The minimum Gasteiger partial charge on any atom is -0.497 e. The molecular formula is C15H22N2O2. The average molecular weight is 262 g/mol. The van der Waals surface area contributed by atoms with E-state index in [1.54, 1.807) is 7.11 Å². The molecule has 1 heterocycles. The monoisotopic (exact) mass is 262 g/mol. The molecule has 0 aromatic heterocycles. The van der Waals surface area contributed by atoms with Crippen LogP contribution in [0.1, 0.15) is 27.2 Å². The van der Waals surface area contributed by atoms with Crippen LogP contribution >= 0.6 is 0 Å². The maximum absolute atomic E-state index is 12.5. The molecule has 4 heteroatoms. The summed E-state index contributed by atoms with van der Waals surface area (Å²) in [4.78, 5) is 14.4. The number of benzene rings is 1. The normalized spacial score (nSPS) is 23.1.